The monoisotopic (exact) mass is 433 g/mol. The lowest BCUT2D eigenvalue weighted by Gasteiger charge is -2.18. The number of pyridine rings is 2. The summed E-state index contributed by atoms with van der Waals surface area (Å²) in [5.74, 6) is 0.261. The third-order valence-electron chi connectivity index (χ3n) is 5.13. The molecule has 0 aliphatic heterocycles. The van der Waals surface area contributed by atoms with Crippen LogP contribution in [0, 0.1) is 0 Å². The van der Waals surface area contributed by atoms with Gasteiger partial charge in [0.2, 0.25) is 0 Å². The summed E-state index contributed by atoms with van der Waals surface area (Å²) in [5, 5.41) is 5.10. The molecule has 164 valence electrons. The zero-order valence-electron chi connectivity index (χ0n) is 17.9. The molecule has 9 nitrogen and oxygen atoms in total. The molecule has 4 aromatic rings. The average molecular weight is 433 g/mol. The SMILES string of the molecule is COC(=O)CCCN(C)C(=O)c1cc(-c2cccnc2)nc2c1cnn2Cc1ccco1. The lowest BCUT2D eigenvalue weighted by molar-refractivity contribution is -0.140. The first-order valence-corrected chi connectivity index (χ1v) is 10.2. The molecule has 0 aromatic carbocycles. The summed E-state index contributed by atoms with van der Waals surface area (Å²) in [7, 11) is 3.06. The minimum absolute atomic E-state index is 0.176. The fourth-order valence-corrected chi connectivity index (χ4v) is 3.42. The van der Waals surface area contributed by atoms with E-state index in [1.807, 2.05) is 24.3 Å². The molecule has 4 rings (SSSR count). The average Bonchev–Trinajstić information content (AvgIpc) is 3.49. The molecule has 0 N–H and O–H groups in total. The van der Waals surface area contributed by atoms with Crippen molar-refractivity contribution in [3.8, 4) is 11.3 Å². The smallest absolute Gasteiger partial charge is 0.305 e. The number of rotatable bonds is 8. The zero-order valence-corrected chi connectivity index (χ0v) is 17.9. The van der Waals surface area contributed by atoms with Crippen LogP contribution < -0.4 is 0 Å². The Morgan fingerprint density at radius 2 is 2.09 bits per heavy atom. The zero-order chi connectivity index (χ0) is 22.5. The van der Waals surface area contributed by atoms with Crippen molar-refractivity contribution in [1.82, 2.24) is 24.6 Å². The number of carbonyl (C=O) groups is 2. The maximum atomic E-state index is 13.3. The van der Waals surface area contributed by atoms with Gasteiger partial charge in [0, 0.05) is 38.0 Å². The largest absolute Gasteiger partial charge is 0.469 e. The fraction of sp³-hybridized carbons (Fsp3) is 0.261. The van der Waals surface area contributed by atoms with Gasteiger partial charge in [0.15, 0.2) is 5.65 Å². The molecule has 0 aliphatic rings. The van der Waals surface area contributed by atoms with Crippen LogP contribution in [0.2, 0.25) is 0 Å². The van der Waals surface area contributed by atoms with Crippen LogP contribution in [0.5, 0.6) is 0 Å². The van der Waals surface area contributed by atoms with E-state index in [4.69, 9.17) is 9.40 Å². The summed E-state index contributed by atoms with van der Waals surface area (Å²) >= 11 is 0. The van der Waals surface area contributed by atoms with Crippen LogP contribution in [-0.4, -0.2) is 57.2 Å². The van der Waals surface area contributed by atoms with E-state index in [-0.39, 0.29) is 18.3 Å². The number of methoxy groups -OCH3 is 1. The van der Waals surface area contributed by atoms with Crippen LogP contribution in [-0.2, 0) is 16.1 Å². The molecule has 0 bridgehead atoms. The number of amides is 1. The highest BCUT2D eigenvalue weighted by atomic mass is 16.5. The molecule has 0 radical (unpaired) electrons. The third kappa shape index (κ3) is 4.51. The highest BCUT2D eigenvalue weighted by Gasteiger charge is 2.21. The van der Waals surface area contributed by atoms with Crippen LogP contribution >= 0.6 is 0 Å². The summed E-state index contributed by atoms with van der Waals surface area (Å²) in [6, 6.07) is 9.15. The van der Waals surface area contributed by atoms with E-state index in [2.05, 4.69) is 14.8 Å². The topological polar surface area (TPSA) is 103 Å². The van der Waals surface area contributed by atoms with Gasteiger partial charge in [0.1, 0.15) is 12.3 Å². The number of aromatic nitrogens is 4. The number of nitrogens with zero attached hydrogens (tertiary/aromatic N) is 5. The van der Waals surface area contributed by atoms with Crippen molar-refractivity contribution in [2.45, 2.75) is 19.4 Å². The van der Waals surface area contributed by atoms with Gasteiger partial charge in [0.25, 0.3) is 5.91 Å². The molecule has 0 atom stereocenters. The van der Waals surface area contributed by atoms with Crippen LogP contribution in [0.1, 0.15) is 29.0 Å². The number of carbonyl (C=O) groups excluding carboxylic acids is 2. The molecule has 32 heavy (non-hydrogen) atoms. The Labute approximate surface area is 184 Å². The van der Waals surface area contributed by atoms with Gasteiger partial charge in [-0.2, -0.15) is 5.10 Å². The van der Waals surface area contributed by atoms with Crippen molar-refractivity contribution in [3.63, 3.8) is 0 Å². The normalized spacial score (nSPS) is 10.9. The van der Waals surface area contributed by atoms with Crippen molar-refractivity contribution in [2.24, 2.45) is 0 Å². The Bertz CT molecular complexity index is 1220. The van der Waals surface area contributed by atoms with E-state index in [9.17, 15) is 9.59 Å². The Kier molecular flexibility index (Phi) is 6.25. The Morgan fingerprint density at radius 3 is 2.81 bits per heavy atom. The Morgan fingerprint density at radius 1 is 1.22 bits per heavy atom. The molecule has 1 amide bonds. The van der Waals surface area contributed by atoms with Crippen LogP contribution in [0.4, 0.5) is 0 Å². The summed E-state index contributed by atoms with van der Waals surface area (Å²) in [5.41, 5.74) is 2.48. The van der Waals surface area contributed by atoms with Gasteiger partial charge < -0.3 is 14.1 Å². The number of esters is 1. The molecule has 0 fully saturated rings. The molecule has 9 heteroatoms. The van der Waals surface area contributed by atoms with Gasteiger partial charge in [-0.05, 0) is 36.8 Å². The Hall–Kier alpha value is -4.01. The van der Waals surface area contributed by atoms with Gasteiger partial charge in [-0.3, -0.25) is 14.6 Å². The van der Waals surface area contributed by atoms with E-state index in [1.165, 1.54) is 7.11 Å². The van der Waals surface area contributed by atoms with Crippen molar-refractivity contribution in [1.29, 1.82) is 0 Å². The molecular formula is C23H23N5O4. The first-order valence-electron chi connectivity index (χ1n) is 10.2. The molecule has 0 spiro atoms. The van der Waals surface area contributed by atoms with Crippen molar-refractivity contribution in [2.75, 3.05) is 20.7 Å². The first kappa shape index (κ1) is 21.2. The minimum atomic E-state index is -0.296. The summed E-state index contributed by atoms with van der Waals surface area (Å²) < 4.78 is 11.8. The molecule has 0 unspecified atom stereocenters. The predicted molar refractivity (Wildman–Crippen MR) is 117 cm³/mol. The number of fused-ring (bicyclic) bond motifs is 1. The molecule has 4 heterocycles. The molecular weight excluding hydrogens is 410 g/mol. The minimum Gasteiger partial charge on any atom is -0.469 e. The molecule has 0 aliphatic carbocycles. The predicted octanol–water partition coefficient (Wildman–Crippen LogP) is 3.16. The standard InChI is InChI=1S/C23H23N5O4/c1-27(10-4-8-21(29)31-2)23(30)18-12-20(16-6-3-9-24-13-16)26-22-19(18)14-25-28(22)15-17-7-5-11-32-17/h3,5-7,9,11-14H,4,8,10,15H2,1-2H3. The first-order chi connectivity index (χ1) is 15.6. The highest BCUT2D eigenvalue weighted by Crippen LogP contribution is 2.26. The summed E-state index contributed by atoms with van der Waals surface area (Å²) in [6.45, 7) is 0.809. The number of ether oxygens (including phenoxy) is 1. The van der Waals surface area contributed by atoms with Crippen LogP contribution in [0.25, 0.3) is 22.3 Å². The van der Waals surface area contributed by atoms with E-state index < -0.39 is 0 Å². The second kappa shape index (κ2) is 9.42. The van der Waals surface area contributed by atoms with Crippen LogP contribution in [0.3, 0.4) is 0 Å². The summed E-state index contributed by atoms with van der Waals surface area (Å²) in [4.78, 5) is 35.2. The highest BCUT2D eigenvalue weighted by molar-refractivity contribution is 6.06. The quantitative estimate of drug-likeness (QED) is 0.393. The van der Waals surface area contributed by atoms with E-state index in [1.54, 1.807) is 47.5 Å². The third-order valence-corrected chi connectivity index (χ3v) is 5.13. The number of hydrogen-bond donors (Lipinski definition) is 0. The number of hydrogen-bond acceptors (Lipinski definition) is 7. The lowest BCUT2D eigenvalue weighted by Crippen LogP contribution is -2.28. The van der Waals surface area contributed by atoms with Gasteiger partial charge in [-0.15, -0.1) is 0 Å². The Balaban J connectivity index is 1.71. The van der Waals surface area contributed by atoms with Gasteiger partial charge in [-0.1, -0.05) is 0 Å². The van der Waals surface area contributed by atoms with E-state index in [0.29, 0.717) is 41.8 Å². The van der Waals surface area contributed by atoms with E-state index >= 15 is 0 Å². The second-order valence-electron chi connectivity index (χ2n) is 7.32. The van der Waals surface area contributed by atoms with E-state index in [0.717, 1.165) is 11.3 Å². The fourth-order valence-electron chi connectivity index (χ4n) is 3.42. The second-order valence-corrected chi connectivity index (χ2v) is 7.32. The lowest BCUT2D eigenvalue weighted by atomic mass is 10.1. The van der Waals surface area contributed by atoms with Gasteiger partial charge >= 0.3 is 5.97 Å². The maximum absolute atomic E-state index is 13.3. The molecule has 4 aromatic heterocycles. The number of furan rings is 1. The maximum Gasteiger partial charge on any atom is 0.305 e. The van der Waals surface area contributed by atoms with Gasteiger partial charge in [-0.25, -0.2) is 9.67 Å². The van der Waals surface area contributed by atoms with Crippen LogP contribution in [0.15, 0.2) is 59.6 Å². The molecule has 0 saturated heterocycles. The van der Waals surface area contributed by atoms with Crippen molar-refractivity contribution >= 4 is 22.9 Å². The van der Waals surface area contributed by atoms with Crippen molar-refractivity contribution < 1.29 is 18.7 Å². The molecule has 0 saturated carbocycles. The van der Waals surface area contributed by atoms with Gasteiger partial charge in [0.05, 0.1) is 36.2 Å². The summed E-state index contributed by atoms with van der Waals surface area (Å²) in [6.07, 6.45) is 7.40. The van der Waals surface area contributed by atoms with Crippen molar-refractivity contribution in [3.05, 3.63) is 66.5 Å².